The van der Waals surface area contributed by atoms with E-state index < -0.39 is 17.7 Å². The van der Waals surface area contributed by atoms with Crippen LogP contribution in [0.25, 0.3) is 5.76 Å². The molecule has 1 unspecified atom stereocenters. The lowest BCUT2D eigenvalue weighted by atomic mass is 9.95. The Morgan fingerprint density at radius 1 is 1.16 bits per heavy atom. The molecule has 2 heterocycles. The number of likely N-dealkylation sites (N-methyl/N-ethyl adjacent to an activating group) is 1. The third-order valence-corrected chi connectivity index (χ3v) is 5.46. The fourth-order valence-corrected chi connectivity index (χ4v) is 3.91. The molecule has 168 valence electrons. The summed E-state index contributed by atoms with van der Waals surface area (Å²) in [5.41, 5.74) is 1.11. The molecule has 0 aliphatic carbocycles. The summed E-state index contributed by atoms with van der Waals surface area (Å²) in [5.74, 6) is 0.0681. The number of benzene rings is 2. The lowest BCUT2D eigenvalue weighted by molar-refractivity contribution is -0.140. The number of hydrogen-bond donors (Lipinski definition) is 1. The van der Waals surface area contributed by atoms with Crippen molar-refractivity contribution in [1.29, 1.82) is 0 Å². The van der Waals surface area contributed by atoms with Gasteiger partial charge in [0.05, 0.1) is 18.2 Å². The number of nitrogens with zero attached hydrogens (tertiary/aromatic N) is 2. The molecule has 2 aromatic carbocycles. The van der Waals surface area contributed by atoms with Gasteiger partial charge in [-0.3, -0.25) is 9.59 Å². The highest BCUT2D eigenvalue weighted by atomic mass is 16.7. The van der Waals surface area contributed by atoms with Gasteiger partial charge in [0.1, 0.15) is 11.5 Å². The smallest absolute Gasteiger partial charge is 0.295 e. The highest BCUT2D eigenvalue weighted by molar-refractivity contribution is 6.46. The van der Waals surface area contributed by atoms with E-state index in [1.54, 1.807) is 24.3 Å². The van der Waals surface area contributed by atoms with Crippen molar-refractivity contribution >= 4 is 17.4 Å². The van der Waals surface area contributed by atoms with Gasteiger partial charge in [-0.2, -0.15) is 0 Å². The summed E-state index contributed by atoms with van der Waals surface area (Å²) in [4.78, 5) is 29.5. The van der Waals surface area contributed by atoms with E-state index in [0.717, 1.165) is 0 Å². The second-order valence-electron chi connectivity index (χ2n) is 7.87. The van der Waals surface area contributed by atoms with Crippen molar-refractivity contribution in [2.75, 3.05) is 40.6 Å². The summed E-state index contributed by atoms with van der Waals surface area (Å²) in [6.45, 7) is 3.37. The largest absolute Gasteiger partial charge is 0.507 e. The Labute approximate surface area is 186 Å². The molecule has 1 saturated heterocycles. The maximum Gasteiger partial charge on any atom is 0.295 e. The monoisotopic (exact) mass is 438 g/mol. The Balaban J connectivity index is 1.82. The number of amides is 1. The van der Waals surface area contributed by atoms with Gasteiger partial charge in [-0.05, 0) is 56.9 Å². The second kappa shape index (κ2) is 8.92. The van der Waals surface area contributed by atoms with E-state index in [2.05, 4.69) is 0 Å². The minimum absolute atomic E-state index is 0.0428. The molecule has 0 aromatic heterocycles. The van der Waals surface area contributed by atoms with E-state index in [4.69, 9.17) is 14.2 Å². The normalized spacial score (nSPS) is 19.1. The Morgan fingerprint density at radius 2 is 1.94 bits per heavy atom. The molecule has 2 aliphatic rings. The molecule has 1 atom stereocenters. The molecule has 4 rings (SSSR count). The number of aliphatic hydroxyl groups is 1. The molecule has 2 aromatic rings. The zero-order chi connectivity index (χ0) is 22.8. The van der Waals surface area contributed by atoms with Gasteiger partial charge in [-0.25, -0.2) is 0 Å². The Morgan fingerprint density at radius 3 is 2.69 bits per heavy atom. The molecule has 1 N–H and O–H groups in total. The minimum atomic E-state index is -0.735. The van der Waals surface area contributed by atoms with Crippen molar-refractivity contribution in [2.45, 2.75) is 13.0 Å². The summed E-state index contributed by atoms with van der Waals surface area (Å²) >= 11 is 0. The van der Waals surface area contributed by atoms with Crippen LogP contribution in [0.2, 0.25) is 0 Å². The van der Waals surface area contributed by atoms with Gasteiger partial charge < -0.3 is 29.1 Å². The van der Waals surface area contributed by atoms with Gasteiger partial charge in [-0.1, -0.05) is 12.1 Å². The molecule has 1 fully saturated rings. The van der Waals surface area contributed by atoms with E-state index in [0.29, 0.717) is 48.1 Å². The van der Waals surface area contributed by atoms with Crippen LogP contribution in [0, 0.1) is 0 Å². The lowest BCUT2D eigenvalue weighted by Gasteiger charge is -2.27. The number of ketones is 1. The van der Waals surface area contributed by atoms with Gasteiger partial charge in [-0.15, -0.1) is 0 Å². The van der Waals surface area contributed by atoms with Crippen LogP contribution in [0.5, 0.6) is 17.2 Å². The first kappa shape index (κ1) is 21.7. The number of Topliss-reactive ketones (excluding diaryl/α,β-unsaturated/α-hetero) is 1. The fourth-order valence-electron chi connectivity index (χ4n) is 3.91. The topological polar surface area (TPSA) is 88.5 Å². The number of ether oxygens (including phenoxy) is 3. The maximum absolute atomic E-state index is 13.1. The van der Waals surface area contributed by atoms with E-state index in [-0.39, 0.29) is 18.1 Å². The van der Waals surface area contributed by atoms with E-state index in [1.807, 2.05) is 44.1 Å². The summed E-state index contributed by atoms with van der Waals surface area (Å²) in [5, 5.41) is 11.2. The average Bonchev–Trinajstić information content (AvgIpc) is 3.34. The predicted octanol–water partition coefficient (Wildman–Crippen LogP) is 2.80. The Bertz CT molecular complexity index is 1080. The predicted molar refractivity (Wildman–Crippen MR) is 118 cm³/mol. The van der Waals surface area contributed by atoms with E-state index >= 15 is 0 Å². The highest BCUT2D eigenvalue weighted by Crippen LogP contribution is 2.41. The van der Waals surface area contributed by atoms with Crippen LogP contribution in [0.1, 0.15) is 24.1 Å². The van der Waals surface area contributed by atoms with Crippen LogP contribution in [0.15, 0.2) is 48.0 Å². The molecule has 0 spiro atoms. The zero-order valence-electron chi connectivity index (χ0n) is 18.3. The summed E-state index contributed by atoms with van der Waals surface area (Å²) in [6, 6.07) is 11.4. The van der Waals surface area contributed by atoms with Gasteiger partial charge in [0, 0.05) is 18.7 Å². The number of hydrogen-bond acceptors (Lipinski definition) is 7. The van der Waals surface area contributed by atoms with Crippen molar-refractivity contribution in [2.24, 2.45) is 0 Å². The van der Waals surface area contributed by atoms with Crippen LogP contribution in [-0.4, -0.2) is 67.2 Å². The SMILES string of the molecule is CCOc1cccc(C2/C(=C(\O)c3ccc4c(c3)OCO4)C(=O)C(=O)N2CCN(C)C)c1. The molecule has 8 heteroatoms. The van der Waals surface area contributed by atoms with Crippen LogP contribution >= 0.6 is 0 Å². The number of carbonyl (C=O) groups is 2. The van der Waals surface area contributed by atoms with Crippen molar-refractivity contribution in [1.82, 2.24) is 9.80 Å². The van der Waals surface area contributed by atoms with Crippen LogP contribution in [0.3, 0.4) is 0 Å². The van der Waals surface area contributed by atoms with Gasteiger partial charge in [0.25, 0.3) is 11.7 Å². The van der Waals surface area contributed by atoms with Gasteiger partial charge in [0.2, 0.25) is 6.79 Å². The standard InChI is InChI=1S/C24H26N2O6/c1-4-30-17-7-5-6-15(12-17)21-20(23(28)24(29)26(21)11-10-25(2)3)22(27)16-8-9-18-19(13-16)32-14-31-18/h5-9,12-13,21,27H,4,10-11,14H2,1-3H3/b22-20+. The van der Waals surface area contributed by atoms with Crippen LogP contribution < -0.4 is 14.2 Å². The minimum Gasteiger partial charge on any atom is -0.507 e. The van der Waals surface area contributed by atoms with Gasteiger partial charge >= 0.3 is 0 Å². The number of aliphatic hydroxyl groups excluding tert-OH is 1. The van der Waals surface area contributed by atoms with Crippen molar-refractivity contribution < 1.29 is 28.9 Å². The summed E-state index contributed by atoms with van der Waals surface area (Å²) < 4.78 is 16.3. The van der Waals surface area contributed by atoms with E-state index in [1.165, 1.54) is 4.90 Å². The quantitative estimate of drug-likeness (QED) is 0.404. The first-order valence-electron chi connectivity index (χ1n) is 10.5. The molecule has 0 bridgehead atoms. The summed E-state index contributed by atoms with van der Waals surface area (Å²) in [7, 11) is 3.79. The van der Waals surface area contributed by atoms with Crippen molar-refractivity contribution in [3.05, 3.63) is 59.2 Å². The molecular weight excluding hydrogens is 412 g/mol. The lowest BCUT2D eigenvalue weighted by Crippen LogP contribution is -2.35. The van der Waals surface area contributed by atoms with Crippen LogP contribution in [0.4, 0.5) is 0 Å². The molecular formula is C24H26N2O6. The molecule has 0 saturated carbocycles. The summed E-state index contributed by atoms with van der Waals surface area (Å²) in [6.07, 6.45) is 0. The average molecular weight is 438 g/mol. The highest BCUT2D eigenvalue weighted by Gasteiger charge is 2.46. The van der Waals surface area contributed by atoms with Crippen molar-refractivity contribution in [3.8, 4) is 17.2 Å². The first-order valence-corrected chi connectivity index (χ1v) is 10.5. The first-order chi connectivity index (χ1) is 15.4. The van der Waals surface area contributed by atoms with Crippen LogP contribution in [-0.2, 0) is 9.59 Å². The number of fused-ring (bicyclic) bond motifs is 1. The number of carbonyl (C=O) groups excluding carboxylic acids is 2. The fraction of sp³-hybridized carbons (Fsp3) is 0.333. The van der Waals surface area contributed by atoms with Crippen molar-refractivity contribution in [3.63, 3.8) is 0 Å². The third-order valence-electron chi connectivity index (χ3n) is 5.46. The molecule has 32 heavy (non-hydrogen) atoms. The zero-order valence-corrected chi connectivity index (χ0v) is 18.3. The molecule has 8 nitrogen and oxygen atoms in total. The number of rotatable bonds is 7. The molecule has 2 aliphatic heterocycles. The third kappa shape index (κ3) is 4.01. The number of likely N-dealkylation sites (tertiary alicyclic amines) is 1. The maximum atomic E-state index is 13.1. The molecule has 1 amide bonds. The molecule has 0 radical (unpaired) electrons. The Hall–Kier alpha value is -3.52. The second-order valence-corrected chi connectivity index (χ2v) is 7.87. The van der Waals surface area contributed by atoms with E-state index in [9.17, 15) is 14.7 Å². The Kier molecular flexibility index (Phi) is 6.05. The van der Waals surface area contributed by atoms with Gasteiger partial charge in [0.15, 0.2) is 11.5 Å².